The van der Waals surface area contributed by atoms with Crippen molar-refractivity contribution in [1.29, 1.82) is 0 Å². The van der Waals surface area contributed by atoms with E-state index >= 15 is 0 Å². The van der Waals surface area contributed by atoms with Crippen LogP contribution in [0.2, 0.25) is 0 Å². The molecule has 0 amide bonds. The fourth-order valence-electron chi connectivity index (χ4n) is 2.18. The fourth-order valence-corrected chi connectivity index (χ4v) is 2.42. The van der Waals surface area contributed by atoms with E-state index < -0.39 is 12.0 Å². The average molecular weight is 526 g/mol. The van der Waals surface area contributed by atoms with Crippen LogP contribution in [0.25, 0.3) is 0 Å². The number of nitrogens with one attached hydrogen (secondary N) is 2. The molecule has 0 fully saturated rings. The molecular formula is C22H31N3NbO4S. The number of carboxylic acid groups (broad SMARTS) is 1. The molecule has 7 nitrogen and oxygen atoms in total. The molecule has 0 aliphatic heterocycles. The van der Waals surface area contributed by atoms with Gasteiger partial charge in [0, 0.05) is 33.8 Å². The van der Waals surface area contributed by atoms with Crippen LogP contribution < -0.4 is 25.8 Å². The average Bonchev–Trinajstić information content (AvgIpc) is 2.71. The third kappa shape index (κ3) is 11.8. The molecule has 0 saturated carbocycles. The van der Waals surface area contributed by atoms with Crippen LogP contribution in [0.3, 0.4) is 0 Å². The number of hydrogen-bond donors (Lipinski definition) is 4. The van der Waals surface area contributed by atoms with Gasteiger partial charge in [-0.15, -0.1) is 0 Å². The molecular weight excluding hydrogens is 495 g/mol. The second-order valence-corrected chi connectivity index (χ2v) is 7.01. The van der Waals surface area contributed by atoms with E-state index in [1.165, 1.54) is 0 Å². The van der Waals surface area contributed by atoms with E-state index in [9.17, 15) is 4.79 Å². The van der Waals surface area contributed by atoms with Gasteiger partial charge in [-0.3, -0.25) is 4.79 Å². The first-order valence-electron chi connectivity index (χ1n) is 9.78. The molecule has 1 atom stereocenters. The molecule has 0 spiro atoms. The van der Waals surface area contributed by atoms with Gasteiger partial charge in [-0.1, -0.05) is 13.8 Å². The summed E-state index contributed by atoms with van der Waals surface area (Å²) in [6.07, 6.45) is 0. The van der Waals surface area contributed by atoms with E-state index in [-0.39, 0.29) is 28.3 Å². The van der Waals surface area contributed by atoms with Crippen LogP contribution in [0.4, 0.5) is 11.4 Å². The van der Waals surface area contributed by atoms with Crippen molar-refractivity contribution in [1.82, 2.24) is 0 Å². The third-order valence-electron chi connectivity index (χ3n) is 3.85. The predicted molar refractivity (Wildman–Crippen MR) is 126 cm³/mol. The maximum Gasteiger partial charge on any atom is 0.320 e. The maximum atomic E-state index is 10.0. The van der Waals surface area contributed by atoms with Gasteiger partial charge in [0.15, 0.2) is 5.11 Å². The smallest absolute Gasteiger partial charge is 0.320 e. The Hall–Kier alpha value is -2.10. The quantitative estimate of drug-likeness (QED) is 0.297. The second-order valence-electron chi connectivity index (χ2n) is 6.60. The largest absolute Gasteiger partial charge is 0.494 e. The van der Waals surface area contributed by atoms with Crippen molar-refractivity contribution in [3.05, 3.63) is 48.5 Å². The zero-order chi connectivity index (χ0) is 22.5. The van der Waals surface area contributed by atoms with Gasteiger partial charge in [0.25, 0.3) is 0 Å². The SMILES string of the molecule is CC(C)[C@H](N)C(=O)O.CCOc1ccc(NC(=S)Nc2ccc(OCC)cc2)cc1.[Nb]. The number of hydrogen-bond acceptors (Lipinski definition) is 5. The van der Waals surface area contributed by atoms with Crippen LogP contribution in [-0.2, 0) is 27.2 Å². The molecule has 0 aromatic heterocycles. The first-order chi connectivity index (χ1) is 14.3. The van der Waals surface area contributed by atoms with Gasteiger partial charge >= 0.3 is 5.97 Å². The first-order valence-corrected chi connectivity index (χ1v) is 10.2. The molecule has 0 unspecified atom stereocenters. The normalized spacial score (nSPS) is 10.6. The number of ether oxygens (including phenoxy) is 2. The number of thiocarbonyl (C=S) groups is 1. The summed E-state index contributed by atoms with van der Waals surface area (Å²) < 4.78 is 10.8. The van der Waals surface area contributed by atoms with E-state index in [0.29, 0.717) is 18.3 Å². The van der Waals surface area contributed by atoms with Crippen LogP contribution in [0.1, 0.15) is 27.7 Å². The molecule has 2 aromatic carbocycles. The monoisotopic (exact) mass is 526 g/mol. The summed E-state index contributed by atoms with van der Waals surface area (Å²) in [5, 5.41) is 15.0. The molecule has 0 saturated heterocycles. The van der Waals surface area contributed by atoms with Gasteiger partial charge in [0.05, 0.1) is 13.2 Å². The molecule has 0 heterocycles. The summed E-state index contributed by atoms with van der Waals surface area (Å²) in [4.78, 5) is 10.0. The van der Waals surface area contributed by atoms with Crippen molar-refractivity contribution in [2.75, 3.05) is 23.8 Å². The van der Waals surface area contributed by atoms with Gasteiger partial charge in [0.1, 0.15) is 17.5 Å². The van der Waals surface area contributed by atoms with Crippen LogP contribution in [-0.4, -0.2) is 35.4 Å². The molecule has 5 N–H and O–H groups in total. The van der Waals surface area contributed by atoms with Gasteiger partial charge < -0.3 is 30.9 Å². The van der Waals surface area contributed by atoms with Gasteiger partial charge in [-0.05, 0) is 80.5 Å². The van der Waals surface area contributed by atoms with Crippen molar-refractivity contribution in [2.45, 2.75) is 33.7 Å². The van der Waals surface area contributed by atoms with E-state index in [4.69, 9.17) is 32.5 Å². The molecule has 0 aliphatic carbocycles. The number of benzene rings is 2. The minimum absolute atomic E-state index is 0. The molecule has 169 valence electrons. The molecule has 2 aromatic rings. The zero-order valence-electron chi connectivity index (χ0n) is 18.3. The van der Waals surface area contributed by atoms with Crippen LogP contribution in [0, 0.1) is 5.92 Å². The van der Waals surface area contributed by atoms with Crippen molar-refractivity contribution in [3.8, 4) is 11.5 Å². The van der Waals surface area contributed by atoms with Gasteiger partial charge in [0.2, 0.25) is 0 Å². The first kappa shape index (κ1) is 28.9. The van der Waals surface area contributed by atoms with Crippen molar-refractivity contribution < 1.29 is 41.8 Å². The van der Waals surface area contributed by atoms with Gasteiger partial charge in [-0.25, -0.2) is 0 Å². The summed E-state index contributed by atoms with van der Waals surface area (Å²) in [6, 6.07) is 14.6. The van der Waals surface area contributed by atoms with E-state index in [0.717, 1.165) is 22.9 Å². The minimum atomic E-state index is -0.931. The summed E-state index contributed by atoms with van der Waals surface area (Å²) >= 11 is 5.30. The third-order valence-corrected chi connectivity index (χ3v) is 4.05. The van der Waals surface area contributed by atoms with Crippen molar-refractivity contribution in [3.63, 3.8) is 0 Å². The van der Waals surface area contributed by atoms with Crippen LogP contribution >= 0.6 is 12.2 Å². The number of anilines is 2. The Morgan fingerprint density at radius 1 is 0.935 bits per heavy atom. The Morgan fingerprint density at radius 3 is 1.52 bits per heavy atom. The molecule has 31 heavy (non-hydrogen) atoms. The second kappa shape index (κ2) is 15.7. The number of carboxylic acids is 1. The molecule has 1 radical (unpaired) electrons. The molecule has 2 rings (SSSR count). The zero-order valence-corrected chi connectivity index (χ0v) is 21.3. The Labute approximate surface area is 205 Å². The van der Waals surface area contributed by atoms with Crippen molar-refractivity contribution in [2.24, 2.45) is 11.7 Å². The predicted octanol–water partition coefficient (Wildman–Crippen LogP) is 4.34. The van der Waals surface area contributed by atoms with Crippen LogP contribution in [0.5, 0.6) is 11.5 Å². The molecule has 9 heteroatoms. The van der Waals surface area contributed by atoms with E-state index in [1.54, 1.807) is 13.8 Å². The van der Waals surface area contributed by atoms with Crippen molar-refractivity contribution >= 4 is 34.7 Å². The summed E-state index contributed by atoms with van der Waals surface area (Å²) in [5.41, 5.74) is 6.98. The number of carbonyl (C=O) groups is 1. The number of aliphatic carboxylic acids is 1. The number of rotatable bonds is 8. The molecule has 0 bridgehead atoms. The summed E-state index contributed by atoms with van der Waals surface area (Å²) in [5.74, 6) is 0.782. The van der Waals surface area contributed by atoms with E-state index in [2.05, 4.69) is 10.6 Å². The Morgan fingerprint density at radius 2 is 1.29 bits per heavy atom. The summed E-state index contributed by atoms with van der Waals surface area (Å²) in [7, 11) is 0. The number of nitrogens with two attached hydrogens (primary N) is 1. The fraction of sp³-hybridized carbons (Fsp3) is 0.364. The Bertz CT molecular complexity index is 733. The topological polar surface area (TPSA) is 106 Å². The minimum Gasteiger partial charge on any atom is -0.494 e. The Balaban J connectivity index is 0.000000858. The van der Waals surface area contributed by atoms with Crippen LogP contribution in [0.15, 0.2) is 48.5 Å². The Kier molecular flexibility index (Phi) is 14.6. The summed E-state index contributed by atoms with van der Waals surface area (Å²) in [6.45, 7) is 8.79. The molecule has 0 aliphatic rings. The standard InChI is InChI=1S/C17H20N2O2S.C5H11NO2.Nb/c1-3-20-15-9-5-13(6-10-15)18-17(22)19-14-7-11-16(12-8-14)21-4-2;1-3(2)4(6)5(7)8;/h5-12H,3-4H2,1-2H3,(H2,18,19,22);3-4H,6H2,1-2H3,(H,7,8);/t;4-;/m.0./s1. The maximum absolute atomic E-state index is 10.0. The van der Waals surface area contributed by atoms with E-state index in [1.807, 2.05) is 62.4 Å². The van der Waals surface area contributed by atoms with Gasteiger partial charge in [-0.2, -0.15) is 0 Å².